The van der Waals surface area contributed by atoms with Gasteiger partial charge in [-0.3, -0.25) is 19.8 Å². The van der Waals surface area contributed by atoms with Crippen molar-refractivity contribution >= 4 is 29.6 Å². The summed E-state index contributed by atoms with van der Waals surface area (Å²) < 4.78 is 4.64. The minimum atomic E-state index is -1.19. The quantitative estimate of drug-likeness (QED) is 0.579. The second-order valence-electron chi connectivity index (χ2n) is 9.80. The lowest BCUT2D eigenvalue weighted by Gasteiger charge is -2.31. The molecule has 2 aromatic rings. The van der Waals surface area contributed by atoms with Crippen LogP contribution in [0.25, 0.3) is 0 Å². The molecule has 2 unspecified atom stereocenters. The van der Waals surface area contributed by atoms with E-state index in [1.165, 1.54) is 7.11 Å². The fourth-order valence-corrected chi connectivity index (χ4v) is 5.34. The van der Waals surface area contributed by atoms with Gasteiger partial charge >= 0.3 is 12.1 Å². The molecule has 2 aliphatic carbocycles. The zero-order chi connectivity index (χ0) is 25.4. The number of urea groups is 1. The first kappa shape index (κ1) is 23.8. The third kappa shape index (κ3) is 4.29. The zero-order valence-corrected chi connectivity index (χ0v) is 20.5. The number of ether oxygens (including phenoxy) is 1. The van der Waals surface area contributed by atoms with E-state index in [1.54, 1.807) is 23.1 Å². The van der Waals surface area contributed by atoms with Crippen LogP contribution in [0.4, 0.5) is 15.3 Å². The smallest absolute Gasteiger partial charge is 0.411 e. The van der Waals surface area contributed by atoms with E-state index in [-0.39, 0.29) is 18.5 Å². The van der Waals surface area contributed by atoms with E-state index in [0.717, 1.165) is 28.9 Å². The summed E-state index contributed by atoms with van der Waals surface area (Å²) >= 11 is 0. The van der Waals surface area contributed by atoms with Gasteiger partial charge in [-0.05, 0) is 67.3 Å². The maximum Gasteiger partial charge on any atom is 0.411 e. The molecule has 2 fully saturated rings. The van der Waals surface area contributed by atoms with E-state index in [2.05, 4.69) is 15.4 Å². The SMILES string of the molecule is COC(=O)Nc1ccc2c(c1)CCC21NC(=O)N(CC(=O)N(Cc2ccccc2)C(C)C2CC2)C1=O. The van der Waals surface area contributed by atoms with Crippen LogP contribution in [0, 0.1) is 5.92 Å². The van der Waals surface area contributed by atoms with Gasteiger partial charge in [-0.25, -0.2) is 9.59 Å². The molecule has 36 heavy (non-hydrogen) atoms. The molecule has 3 aliphatic rings. The normalized spacial score (nSPS) is 21.2. The van der Waals surface area contributed by atoms with E-state index in [9.17, 15) is 19.2 Å². The number of hydrogen-bond donors (Lipinski definition) is 2. The number of imide groups is 1. The summed E-state index contributed by atoms with van der Waals surface area (Å²) in [5.74, 6) is -0.205. The topological polar surface area (TPSA) is 108 Å². The van der Waals surface area contributed by atoms with Gasteiger partial charge in [0.2, 0.25) is 5.91 Å². The lowest BCUT2D eigenvalue weighted by molar-refractivity contribution is -0.141. The average molecular weight is 491 g/mol. The zero-order valence-electron chi connectivity index (χ0n) is 20.5. The van der Waals surface area contributed by atoms with E-state index in [1.807, 2.05) is 37.3 Å². The van der Waals surface area contributed by atoms with Gasteiger partial charge in [0.1, 0.15) is 12.1 Å². The van der Waals surface area contributed by atoms with Crippen LogP contribution < -0.4 is 10.6 Å². The van der Waals surface area contributed by atoms with Crippen molar-refractivity contribution in [1.82, 2.24) is 15.1 Å². The second kappa shape index (κ2) is 9.29. The number of methoxy groups -OCH3 is 1. The highest BCUT2D eigenvalue weighted by Gasteiger charge is 2.56. The Morgan fingerprint density at radius 2 is 1.94 bits per heavy atom. The number of amides is 5. The van der Waals surface area contributed by atoms with Crippen molar-refractivity contribution in [3.8, 4) is 0 Å². The molecule has 2 atom stereocenters. The van der Waals surface area contributed by atoms with Crippen molar-refractivity contribution in [3.63, 3.8) is 0 Å². The molecule has 0 aromatic heterocycles. The van der Waals surface area contributed by atoms with Crippen molar-refractivity contribution in [2.24, 2.45) is 5.92 Å². The van der Waals surface area contributed by atoms with Gasteiger partial charge in [-0.15, -0.1) is 0 Å². The lowest BCUT2D eigenvalue weighted by Crippen LogP contribution is -2.47. The first-order valence-corrected chi connectivity index (χ1v) is 12.3. The highest BCUT2D eigenvalue weighted by molar-refractivity contribution is 6.10. The summed E-state index contributed by atoms with van der Waals surface area (Å²) in [7, 11) is 1.28. The van der Waals surface area contributed by atoms with E-state index >= 15 is 0 Å². The minimum Gasteiger partial charge on any atom is -0.453 e. The molecule has 9 nitrogen and oxygen atoms in total. The number of carbonyl (C=O) groups excluding carboxylic acids is 4. The molecule has 2 N–H and O–H groups in total. The van der Waals surface area contributed by atoms with Crippen LogP contribution in [0.5, 0.6) is 0 Å². The molecule has 1 saturated heterocycles. The van der Waals surface area contributed by atoms with Crippen molar-refractivity contribution in [2.45, 2.75) is 50.7 Å². The Bertz CT molecular complexity index is 1210. The Kier molecular flexibility index (Phi) is 6.15. The fourth-order valence-electron chi connectivity index (χ4n) is 5.34. The first-order chi connectivity index (χ1) is 17.3. The van der Waals surface area contributed by atoms with Crippen LogP contribution in [-0.2, 0) is 32.8 Å². The van der Waals surface area contributed by atoms with Gasteiger partial charge in [0.15, 0.2) is 0 Å². The van der Waals surface area contributed by atoms with E-state index in [4.69, 9.17) is 0 Å². The number of fused-ring (bicyclic) bond motifs is 2. The number of nitrogens with zero attached hydrogens (tertiary/aromatic N) is 2. The predicted molar refractivity (Wildman–Crippen MR) is 132 cm³/mol. The van der Waals surface area contributed by atoms with Gasteiger partial charge in [0.05, 0.1) is 7.11 Å². The van der Waals surface area contributed by atoms with Gasteiger partial charge < -0.3 is 15.0 Å². The molecular formula is C27H30N4O5. The number of anilines is 1. The van der Waals surface area contributed by atoms with Crippen LogP contribution in [-0.4, -0.2) is 53.4 Å². The molecule has 0 bridgehead atoms. The van der Waals surface area contributed by atoms with Gasteiger partial charge in [0.25, 0.3) is 5.91 Å². The van der Waals surface area contributed by atoms with E-state index < -0.39 is 23.6 Å². The molecule has 1 spiro atoms. The molecule has 0 radical (unpaired) electrons. The number of aryl methyl sites for hydroxylation is 1. The van der Waals surface area contributed by atoms with Crippen LogP contribution in [0.15, 0.2) is 48.5 Å². The van der Waals surface area contributed by atoms with Crippen LogP contribution in [0.1, 0.15) is 42.9 Å². The molecular weight excluding hydrogens is 460 g/mol. The number of rotatable bonds is 7. The van der Waals surface area contributed by atoms with Crippen LogP contribution in [0.3, 0.4) is 0 Å². The van der Waals surface area contributed by atoms with Gasteiger partial charge in [0, 0.05) is 18.3 Å². The molecule has 1 saturated carbocycles. The number of nitrogens with one attached hydrogen (secondary N) is 2. The Morgan fingerprint density at radius 3 is 2.64 bits per heavy atom. The summed E-state index contributed by atoms with van der Waals surface area (Å²) in [6, 6.07) is 14.4. The highest BCUT2D eigenvalue weighted by Crippen LogP contribution is 2.42. The Morgan fingerprint density at radius 1 is 1.19 bits per heavy atom. The van der Waals surface area contributed by atoms with Gasteiger partial charge in [-0.1, -0.05) is 36.4 Å². The molecule has 9 heteroatoms. The first-order valence-electron chi connectivity index (χ1n) is 12.3. The molecule has 1 aliphatic heterocycles. The van der Waals surface area contributed by atoms with Crippen molar-refractivity contribution in [1.29, 1.82) is 0 Å². The van der Waals surface area contributed by atoms with E-state index in [0.29, 0.717) is 36.6 Å². The van der Waals surface area contributed by atoms with Gasteiger partial charge in [-0.2, -0.15) is 0 Å². The maximum absolute atomic E-state index is 13.6. The van der Waals surface area contributed by atoms with Crippen LogP contribution in [0.2, 0.25) is 0 Å². The molecule has 5 rings (SSSR count). The second-order valence-corrected chi connectivity index (χ2v) is 9.80. The standard InChI is InChI=1S/C27H30N4O5/c1-17(19-8-9-19)30(15-18-6-4-3-5-7-18)23(32)16-31-24(33)27(29-25(31)34)13-12-20-14-21(10-11-22(20)27)28-26(35)36-2/h3-7,10-11,14,17,19H,8-9,12-13,15-16H2,1-2H3,(H,28,35)(H,29,34). The monoisotopic (exact) mass is 490 g/mol. The van der Waals surface area contributed by atoms with Crippen molar-refractivity contribution in [3.05, 3.63) is 65.2 Å². The average Bonchev–Trinajstić information content (AvgIpc) is 3.63. The number of benzene rings is 2. The third-order valence-corrected chi connectivity index (χ3v) is 7.55. The predicted octanol–water partition coefficient (Wildman–Crippen LogP) is 3.39. The summed E-state index contributed by atoms with van der Waals surface area (Å²) in [5, 5.41) is 5.49. The molecule has 1 heterocycles. The maximum atomic E-state index is 13.6. The number of carbonyl (C=O) groups is 4. The molecule has 188 valence electrons. The Labute approximate surface area is 209 Å². The highest BCUT2D eigenvalue weighted by atomic mass is 16.5. The van der Waals surface area contributed by atoms with Crippen molar-refractivity contribution in [2.75, 3.05) is 19.0 Å². The lowest BCUT2D eigenvalue weighted by atomic mass is 9.91. The summed E-state index contributed by atoms with van der Waals surface area (Å²) in [5.41, 5.74) is 1.92. The summed E-state index contributed by atoms with van der Waals surface area (Å²) in [4.78, 5) is 54.5. The Hall–Kier alpha value is -3.88. The van der Waals surface area contributed by atoms with Crippen molar-refractivity contribution < 1.29 is 23.9 Å². The molecule has 5 amide bonds. The molecule has 2 aromatic carbocycles. The summed E-state index contributed by atoms with van der Waals surface area (Å²) in [6.07, 6.45) is 2.52. The number of hydrogen-bond acceptors (Lipinski definition) is 5. The summed E-state index contributed by atoms with van der Waals surface area (Å²) in [6.45, 7) is 2.18. The van der Waals surface area contributed by atoms with Crippen LogP contribution >= 0.6 is 0 Å². The largest absolute Gasteiger partial charge is 0.453 e. The Balaban J connectivity index is 1.35. The minimum absolute atomic E-state index is 0.0281. The third-order valence-electron chi connectivity index (χ3n) is 7.55. The fraction of sp³-hybridized carbons (Fsp3) is 0.407.